The van der Waals surface area contributed by atoms with Gasteiger partial charge < -0.3 is 15.3 Å². The molecule has 0 saturated heterocycles. The fourth-order valence-corrected chi connectivity index (χ4v) is 6.49. The van der Waals surface area contributed by atoms with E-state index in [1.54, 1.807) is 12.1 Å². The lowest BCUT2D eigenvalue weighted by atomic mass is 9.59. The van der Waals surface area contributed by atoms with Crippen molar-refractivity contribution in [2.75, 3.05) is 0 Å². The van der Waals surface area contributed by atoms with Gasteiger partial charge in [0.15, 0.2) is 0 Å². The second kappa shape index (κ2) is 9.42. The van der Waals surface area contributed by atoms with Crippen LogP contribution in [0.25, 0.3) is 0 Å². The molecule has 1 aliphatic rings. The third-order valence-corrected chi connectivity index (χ3v) is 8.54. The molecule has 0 radical (unpaired) electrons. The zero-order valence-electron chi connectivity index (χ0n) is 23.9. The van der Waals surface area contributed by atoms with Gasteiger partial charge in [-0.1, -0.05) is 65.8 Å². The van der Waals surface area contributed by atoms with E-state index >= 15 is 0 Å². The van der Waals surface area contributed by atoms with Crippen molar-refractivity contribution in [3.63, 3.8) is 0 Å². The first kappa shape index (κ1) is 27.1. The summed E-state index contributed by atoms with van der Waals surface area (Å²) in [5.41, 5.74) is 7.43. The van der Waals surface area contributed by atoms with E-state index in [2.05, 4.69) is 79.7 Å². The molecule has 1 aliphatic carbocycles. The normalized spacial score (nSPS) is 16.6. The quantitative estimate of drug-likeness (QED) is 0.337. The molecule has 3 N–H and O–H groups in total. The van der Waals surface area contributed by atoms with Crippen LogP contribution in [0, 0.1) is 13.8 Å². The number of phenolic OH excluding ortho intramolecular Hbond substituents is 3. The van der Waals surface area contributed by atoms with Crippen LogP contribution in [0.4, 0.5) is 0 Å². The van der Waals surface area contributed by atoms with E-state index in [4.69, 9.17) is 0 Å². The van der Waals surface area contributed by atoms with Gasteiger partial charge in [-0.25, -0.2) is 0 Å². The lowest BCUT2D eigenvalue weighted by molar-refractivity contribution is 0.310. The largest absolute Gasteiger partial charge is 0.508 e. The Bertz CT molecular complexity index is 1210. The second-order valence-corrected chi connectivity index (χ2v) is 13.3. The Morgan fingerprint density at radius 1 is 0.649 bits per heavy atom. The number of aryl methyl sites for hydroxylation is 2. The van der Waals surface area contributed by atoms with Gasteiger partial charge in [-0.15, -0.1) is 0 Å². The molecule has 0 atom stereocenters. The molecule has 0 unspecified atom stereocenters. The summed E-state index contributed by atoms with van der Waals surface area (Å²) in [7, 11) is 0. The number of hydrogen-bond acceptors (Lipinski definition) is 3. The van der Waals surface area contributed by atoms with Crippen LogP contribution in [0.1, 0.15) is 112 Å². The molecule has 0 spiro atoms. The van der Waals surface area contributed by atoms with Gasteiger partial charge in [0.2, 0.25) is 0 Å². The molecular weight excluding hydrogens is 456 g/mol. The van der Waals surface area contributed by atoms with E-state index in [0.29, 0.717) is 23.2 Å². The van der Waals surface area contributed by atoms with E-state index in [1.165, 1.54) is 16.7 Å². The molecule has 3 nitrogen and oxygen atoms in total. The van der Waals surface area contributed by atoms with Gasteiger partial charge in [0.25, 0.3) is 0 Å². The van der Waals surface area contributed by atoms with Crippen molar-refractivity contribution < 1.29 is 15.3 Å². The highest BCUT2D eigenvalue weighted by atomic mass is 16.3. The molecule has 0 heterocycles. The molecule has 0 bridgehead atoms. The molecule has 198 valence electrons. The highest BCUT2D eigenvalue weighted by molar-refractivity contribution is 5.56. The third kappa shape index (κ3) is 5.10. The Hall–Kier alpha value is -2.94. The lowest BCUT2D eigenvalue weighted by Crippen LogP contribution is -2.35. The first-order chi connectivity index (χ1) is 17.1. The molecule has 0 aliphatic heterocycles. The Morgan fingerprint density at radius 2 is 1.05 bits per heavy atom. The second-order valence-electron chi connectivity index (χ2n) is 13.3. The molecule has 0 amide bonds. The molecule has 1 fully saturated rings. The maximum Gasteiger partial charge on any atom is 0.119 e. The summed E-state index contributed by atoms with van der Waals surface area (Å²) in [6.45, 7) is 17.2. The fourth-order valence-electron chi connectivity index (χ4n) is 6.49. The molecule has 1 saturated carbocycles. The minimum Gasteiger partial charge on any atom is -0.508 e. The number of rotatable bonds is 3. The maximum atomic E-state index is 10.9. The Kier molecular flexibility index (Phi) is 6.90. The third-order valence-electron chi connectivity index (χ3n) is 8.54. The standard InChI is InChI=1S/C34H44O3/c1-21-17-30(36)28(32(3,4)5)19-26(21)34(27-20-29(33(6,7)8)31(37)18-22(27)2)15-13-24(14-16-34)23-9-11-25(35)12-10-23/h9-12,17-20,24,35-37H,13-16H2,1-8H3. The van der Waals surface area contributed by atoms with Gasteiger partial charge in [0.05, 0.1) is 0 Å². The van der Waals surface area contributed by atoms with Gasteiger partial charge in [0.1, 0.15) is 17.2 Å². The molecule has 37 heavy (non-hydrogen) atoms. The molecule has 4 rings (SSSR count). The van der Waals surface area contributed by atoms with Crippen molar-refractivity contribution >= 4 is 0 Å². The molecule has 3 aromatic carbocycles. The van der Waals surface area contributed by atoms with Crippen LogP contribution in [0.5, 0.6) is 17.2 Å². The van der Waals surface area contributed by atoms with Gasteiger partial charge in [0, 0.05) is 5.41 Å². The highest BCUT2D eigenvalue weighted by Crippen LogP contribution is 2.53. The Labute approximate surface area is 223 Å². The van der Waals surface area contributed by atoms with Crippen molar-refractivity contribution in [2.24, 2.45) is 0 Å². The predicted octanol–water partition coefficient (Wildman–Crippen LogP) is 8.66. The summed E-state index contributed by atoms with van der Waals surface area (Å²) in [6, 6.07) is 16.1. The van der Waals surface area contributed by atoms with Crippen LogP contribution in [-0.4, -0.2) is 15.3 Å². The van der Waals surface area contributed by atoms with E-state index in [0.717, 1.165) is 47.9 Å². The summed E-state index contributed by atoms with van der Waals surface area (Å²) in [6.07, 6.45) is 4.01. The topological polar surface area (TPSA) is 60.7 Å². The molecule has 0 aromatic heterocycles. The van der Waals surface area contributed by atoms with Gasteiger partial charge in [-0.2, -0.15) is 0 Å². The summed E-state index contributed by atoms with van der Waals surface area (Å²) in [4.78, 5) is 0. The molecule has 3 aromatic rings. The minimum absolute atomic E-state index is 0.183. The maximum absolute atomic E-state index is 10.9. The average Bonchev–Trinajstić information content (AvgIpc) is 2.78. The smallest absolute Gasteiger partial charge is 0.119 e. The van der Waals surface area contributed by atoms with E-state index in [1.807, 2.05) is 12.1 Å². The van der Waals surface area contributed by atoms with Gasteiger partial charge >= 0.3 is 0 Å². The summed E-state index contributed by atoms with van der Waals surface area (Å²) < 4.78 is 0. The van der Waals surface area contributed by atoms with E-state index < -0.39 is 0 Å². The van der Waals surface area contributed by atoms with Crippen molar-refractivity contribution in [1.82, 2.24) is 0 Å². The number of hydrogen-bond donors (Lipinski definition) is 3. The van der Waals surface area contributed by atoms with Gasteiger partial charge in [-0.05, 0) is 119 Å². The van der Waals surface area contributed by atoms with Crippen LogP contribution in [0.3, 0.4) is 0 Å². The van der Waals surface area contributed by atoms with E-state index in [9.17, 15) is 15.3 Å². The Balaban J connectivity index is 1.92. The number of benzene rings is 3. The van der Waals surface area contributed by atoms with E-state index in [-0.39, 0.29) is 16.2 Å². The van der Waals surface area contributed by atoms with Crippen LogP contribution in [0.15, 0.2) is 48.5 Å². The highest BCUT2D eigenvalue weighted by Gasteiger charge is 2.42. The summed E-state index contributed by atoms with van der Waals surface area (Å²) in [5, 5.41) is 31.6. The van der Waals surface area contributed by atoms with Crippen LogP contribution in [-0.2, 0) is 16.2 Å². The van der Waals surface area contributed by atoms with Crippen molar-refractivity contribution in [2.45, 2.75) is 103 Å². The van der Waals surface area contributed by atoms with Crippen molar-refractivity contribution in [3.05, 3.63) is 87.5 Å². The van der Waals surface area contributed by atoms with Crippen molar-refractivity contribution in [3.8, 4) is 17.2 Å². The zero-order chi connectivity index (χ0) is 27.3. The molecular formula is C34H44O3. The zero-order valence-corrected chi connectivity index (χ0v) is 23.9. The summed E-state index contributed by atoms with van der Waals surface area (Å²) in [5.74, 6) is 1.46. The SMILES string of the molecule is Cc1cc(O)c(C(C)(C)C)cc1C1(c2cc(C(C)(C)C)c(O)cc2C)CCC(c2ccc(O)cc2)CC1. The first-order valence-corrected chi connectivity index (χ1v) is 13.6. The number of phenols is 3. The average molecular weight is 501 g/mol. The molecule has 3 heteroatoms. The lowest BCUT2D eigenvalue weighted by Gasteiger charge is -2.44. The predicted molar refractivity (Wildman–Crippen MR) is 153 cm³/mol. The monoisotopic (exact) mass is 500 g/mol. The Morgan fingerprint density at radius 3 is 1.43 bits per heavy atom. The summed E-state index contributed by atoms with van der Waals surface area (Å²) >= 11 is 0. The van der Waals surface area contributed by atoms with Crippen LogP contribution < -0.4 is 0 Å². The van der Waals surface area contributed by atoms with Crippen LogP contribution >= 0.6 is 0 Å². The fraction of sp³-hybridized carbons (Fsp3) is 0.471. The number of aromatic hydroxyl groups is 3. The minimum atomic E-state index is -0.219. The van der Waals surface area contributed by atoms with Crippen molar-refractivity contribution in [1.29, 1.82) is 0 Å². The van der Waals surface area contributed by atoms with Crippen LogP contribution in [0.2, 0.25) is 0 Å². The first-order valence-electron chi connectivity index (χ1n) is 13.6. The van der Waals surface area contributed by atoms with Gasteiger partial charge in [-0.3, -0.25) is 0 Å².